The molecule has 0 fully saturated rings. The van der Waals surface area contributed by atoms with E-state index in [2.05, 4.69) is 10.0 Å². The van der Waals surface area contributed by atoms with Crippen molar-refractivity contribution in [2.45, 2.75) is 31.2 Å². The van der Waals surface area contributed by atoms with E-state index >= 15 is 0 Å². The molecule has 0 amide bonds. The molecule has 1 unspecified atom stereocenters. The molecule has 1 rings (SSSR count). The van der Waals surface area contributed by atoms with E-state index < -0.39 is 10.0 Å². The maximum absolute atomic E-state index is 12.2. The third-order valence-corrected chi connectivity index (χ3v) is 4.43. The summed E-state index contributed by atoms with van der Waals surface area (Å²) < 4.78 is 32.1. The van der Waals surface area contributed by atoms with Crippen molar-refractivity contribution in [3.63, 3.8) is 0 Å². The van der Waals surface area contributed by atoms with Gasteiger partial charge < -0.3 is 10.1 Å². The number of likely N-dealkylation sites (N-methyl/N-ethyl adjacent to an activating group) is 1. The molecular formula is C14H24N2O3S. The fourth-order valence-corrected chi connectivity index (χ4v) is 2.99. The second-order valence-electron chi connectivity index (χ2n) is 4.68. The van der Waals surface area contributed by atoms with Crippen LogP contribution in [0.5, 0.6) is 0 Å². The lowest BCUT2D eigenvalue weighted by Crippen LogP contribution is -2.35. The molecule has 114 valence electrons. The van der Waals surface area contributed by atoms with Gasteiger partial charge in [-0.2, -0.15) is 0 Å². The highest BCUT2D eigenvalue weighted by atomic mass is 32.2. The van der Waals surface area contributed by atoms with Gasteiger partial charge in [0, 0.05) is 12.6 Å². The zero-order valence-electron chi connectivity index (χ0n) is 12.3. The van der Waals surface area contributed by atoms with Gasteiger partial charge >= 0.3 is 0 Å². The molecule has 1 atom stereocenters. The fraction of sp³-hybridized carbons (Fsp3) is 0.571. The summed E-state index contributed by atoms with van der Waals surface area (Å²) in [6, 6.07) is 6.73. The first-order valence-electron chi connectivity index (χ1n) is 6.83. The quantitative estimate of drug-likeness (QED) is 0.718. The Morgan fingerprint density at radius 3 is 2.45 bits per heavy atom. The van der Waals surface area contributed by atoms with Gasteiger partial charge in [0.05, 0.1) is 11.5 Å². The van der Waals surface area contributed by atoms with Crippen molar-refractivity contribution < 1.29 is 13.2 Å². The summed E-state index contributed by atoms with van der Waals surface area (Å²) in [7, 11) is -1.58. The topological polar surface area (TPSA) is 67.4 Å². The maximum Gasteiger partial charge on any atom is 0.240 e. The van der Waals surface area contributed by atoms with Crippen LogP contribution >= 0.6 is 0 Å². The molecule has 5 nitrogen and oxygen atoms in total. The van der Waals surface area contributed by atoms with Gasteiger partial charge in [-0.05, 0) is 51.6 Å². The van der Waals surface area contributed by atoms with Crippen LogP contribution in [0, 0.1) is 0 Å². The number of hydrogen-bond acceptors (Lipinski definition) is 4. The van der Waals surface area contributed by atoms with Crippen molar-refractivity contribution >= 4 is 10.0 Å². The molecule has 0 heterocycles. The Morgan fingerprint density at radius 2 is 1.90 bits per heavy atom. The first-order chi connectivity index (χ1) is 9.49. The Hall–Kier alpha value is -0.950. The van der Waals surface area contributed by atoms with Gasteiger partial charge in [-0.3, -0.25) is 0 Å². The summed E-state index contributed by atoms with van der Waals surface area (Å²) in [4.78, 5) is 0.286. The number of sulfonamides is 1. The van der Waals surface area contributed by atoms with E-state index in [1.54, 1.807) is 19.1 Å². The zero-order chi connectivity index (χ0) is 15.0. The van der Waals surface area contributed by atoms with Crippen molar-refractivity contribution in [3.8, 4) is 0 Å². The van der Waals surface area contributed by atoms with E-state index in [-0.39, 0.29) is 10.9 Å². The standard InChI is InChI=1S/C14H24N2O3S/c1-4-19-11-12(2)16-20(17,18)14-7-5-13(6-8-14)9-10-15-3/h5-8,12,15-16H,4,9-11H2,1-3H3. The molecule has 20 heavy (non-hydrogen) atoms. The van der Waals surface area contributed by atoms with Crippen LogP contribution in [-0.4, -0.2) is 41.3 Å². The average molecular weight is 300 g/mol. The summed E-state index contributed by atoms with van der Waals surface area (Å²) in [5, 5.41) is 3.06. The summed E-state index contributed by atoms with van der Waals surface area (Å²) in [6.45, 7) is 5.48. The summed E-state index contributed by atoms with van der Waals surface area (Å²) in [6.07, 6.45) is 0.880. The van der Waals surface area contributed by atoms with Crippen molar-refractivity contribution in [1.82, 2.24) is 10.0 Å². The monoisotopic (exact) mass is 300 g/mol. The highest BCUT2D eigenvalue weighted by molar-refractivity contribution is 7.89. The Morgan fingerprint density at radius 1 is 1.25 bits per heavy atom. The Labute approximate surface area is 121 Å². The SMILES string of the molecule is CCOCC(C)NS(=O)(=O)c1ccc(CCNC)cc1. The van der Waals surface area contributed by atoms with E-state index in [9.17, 15) is 8.42 Å². The largest absolute Gasteiger partial charge is 0.380 e. The maximum atomic E-state index is 12.2. The Bertz CT molecular complexity index is 486. The molecule has 0 bridgehead atoms. The summed E-state index contributed by atoms with van der Waals surface area (Å²) in [5.74, 6) is 0. The number of hydrogen-bond donors (Lipinski definition) is 2. The second kappa shape index (κ2) is 8.36. The Kier molecular flexibility index (Phi) is 7.15. The minimum Gasteiger partial charge on any atom is -0.380 e. The lowest BCUT2D eigenvalue weighted by molar-refractivity contribution is 0.133. The van der Waals surface area contributed by atoms with Gasteiger partial charge in [0.2, 0.25) is 10.0 Å². The van der Waals surface area contributed by atoms with Crippen molar-refractivity contribution in [2.24, 2.45) is 0 Å². The van der Waals surface area contributed by atoms with Gasteiger partial charge in [0.15, 0.2) is 0 Å². The normalized spacial score (nSPS) is 13.3. The molecule has 6 heteroatoms. The van der Waals surface area contributed by atoms with Crippen LogP contribution < -0.4 is 10.0 Å². The molecule has 0 aliphatic heterocycles. The first kappa shape index (κ1) is 17.1. The van der Waals surface area contributed by atoms with Crippen LogP contribution in [0.1, 0.15) is 19.4 Å². The minimum atomic E-state index is -3.47. The van der Waals surface area contributed by atoms with Crippen LogP contribution in [0.15, 0.2) is 29.2 Å². The van der Waals surface area contributed by atoms with E-state index in [1.807, 2.05) is 26.1 Å². The molecule has 0 saturated heterocycles. The van der Waals surface area contributed by atoms with E-state index in [4.69, 9.17) is 4.74 Å². The van der Waals surface area contributed by atoms with Crippen molar-refractivity contribution in [3.05, 3.63) is 29.8 Å². The van der Waals surface area contributed by atoms with E-state index in [1.165, 1.54) is 0 Å². The van der Waals surface area contributed by atoms with Crippen LogP contribution in [-0.2, 0) is 21.2 Å². The Balaban J connectivity index is 2.67. The lowest BCUT2D eigenvalue weighted by Gasteiger charge is -2.14. The van der Waals surface area contributed by atoms with Gasteiger partial charge in [-0.1, -0.05) is 12.1 Å². The third-order valence-electron chi connectivity index (χ3n) is 2.83. The third kappa shape index (κ3) is 5.58. The van der Waals surface area contributed by atoms with Crippen LogP contribution in [0.2, 0.25) is 0 Å². The molecule has 2 N–H and O–H groups in total. The van der Waals surface area contributed by atoms with Gasteiger partial charge in [0.25, 0.3) is 0 Å². The predicted octanol–water partition coefficient (Wildman–Crippen LogP) is 1.15. The molecule has 0 spiro atoms. The number of rotatable bonds is 9. The number of ether oxygens (including phenoxy) is 1. The van der Waals surface area contributed by atoms with Crippen LogP contribution in [0.4, 0.5) is 0 Å². The van der Waals surface area contributed by atoms with E-state index in [0.29, 0.717) is 13.2 Å². The summed E-state index contributed by atoms with van der Waals surface area (Å²) >= 11 is 0. The first-order valence-corrected chi connectivity index (χ1v) is 8.31. The minimum absolute atomic E-state index is 0.246. The number of nitrogens with one attached hydrogen (secondary N) is 2. The number of benzene rings is 1. The molecule has 0 radical (unpaired) electrons. The predicted molar refractivity (Wildman–Crippen MR) is 80.3 cm³/mol. The zero-order valence-corrected chi connectivity index (χ0v) is 13.2. The van der Waals surface area contributed by atoms with Gasteiger partial charge in [0.1, 0.15) is 0 Å². The second-order valence-corrected chi connectivity index (χ2v) is 6.39. The fourth-order valence-electron chi connectivity index (χ4n) is 1.77. The van der Waals surface area contributed by atoms with Crippen molar-refractivity contribution in [2.75, 3.05) is 26.8 Å². The van der Waals surface area contributed by atoms with E-state index in [0.717, 1.165) is 18.5 Å². The highest BCUT2D eigenvalue weighted by Crippen LogP contribution is 2.11. The molecule has 1 aromatic rings. The molecular weight excluding hydrogens is 276 g/mol. The van der Waals surface area contributed by atoms with Gasteiger partial charge in [-0.15, -0.1) is 0 Å². The molecule has 1 aromatic carbocycles. The molecule has 0 aromatic heterocycles. The lowest BCUT2D eigenvalue weighted by atomic mass is 10.1. The van der Waals surface area contributed by atoms with Gasteiger partial charge in [-0.25, -0.2) is 13.1 Å². The van der Waals surface area contributed by atoms with Crippen molar-refractivity contribution in [1.29, 1.82) is 0 Å². The van der Waals surface area contributed by atoms with Crippen LogP contribution in [0.25, 0.3) is 0 Å². The molecule has 0 saturated carbocycles. The highest BCUT2D eigenvalue weighted by Gasteiger charge is 2.17. The molecule has 0 aliphatic carbocycles. The molecule has 0 aliphatic rings. The summed E-state index contributed by atoms with van der Waals surface area (Å²) in [5.41, 5.74) is 1.11. The smallest absolute Gasteiger partial charge is 0.240 e. The van der Waals surface area contributed by atoms with Crippen LogP contribution in [0.3, 0.4) is 0 Å². The average Bonchev–Trinajstić information content (AvgIpc) is 2.43.